The molecule has 0 aromatic heterocycles. The van der Waals surface area contributed by atoms with Gasteiger partial charge in [-0.15, -0.1) is 0 Å². The van der Waals surface area contributed by atoms with Gasteiger partial charge in [0, 0.05) is 13.6 Å². The van der Waals surface area contributed by atoms with Crippen molar-refractivity contribution in [3.05, 3.63) is 67.7 Å². The molecule has 0 aliphatic heterocycles. The van der Waals surface area contributed by atoms with Crippen LogP contribution in [0.2, 0.25) is 0 Å². The van der Waals surface area contributed by atoms with Crippen LogP contribution in [0.3, 0.4) is 0 Å². The highest BCUT2D eigenvalue weighted by molar-refractivity contribution is 14.1. The second-order valence-corrected chi connectivity index (χ2v) is 6.33. The van der Waals surface area contributed by atoms with Crippen molar-refractivity contribution in [2.45, 2.75) is 13.0 Å². The van der Waals surface area contributed by atoms with E-state index in [4.69, 9.17) is 0 Å². The molecule has 1 unspecified atom stereocenters. The third kappa shape index (κ3) is 3.79. The van der Waals surface area contributed by atoms with Crippen LogP contribution in [0.4, 0.5) is 0 Å². The molecular formula is C15H13BrINO. The summed E-state index contributed by atoms with van der Waals surface area (Å²) in [6.45, 7) is 1.98. The molecule has 4 heteroatoms. The van der Waals surface area contributed by atoms with Crippen LogP contribution in [-0.2, 0) is 0 Å². The van der Waals surface area contributed by atoms with E-state index in [9.17, 15) is 4.79 Å². The molecule has 0 bridgehead atoms. The van der Waals surface area contributed by atoms with E-state index in [1.54, 1.807) is 0 Å². The van der Waals surface area contributed by atoms with E-state index in [0.29, 0.717) is 5.56 Å². The Labute approximate surface area is 134 Å². The van der Waals surface area contributed by atoms with Crippen molar-refractivity contribution in [2.75, 3.05) is 0 Å². The molecule has 1 amide bonds. The summed E-state index contributed by atoms with van der Waals surface area (Å²) >= 11 is 5.70. The van der Waals surface area contributed by atoms with Gasteiger partial charge in [0.2, 0.25) is 0 Å². The highest BCUT2D eigenvalue weighted by Gasteiger charge is 2.13. The summed E-state index contributed by atoms with van der Waals surface area (Å²) in [6, 6.07) is 15.4. The lowest BCUT2D eigenvalue weighted by Gasteiger charge is -2.16. The van der Waals surface area contributed by atoms with E-state index >= 15 is 0 Å². The Kier molecular flexibility index (Phi) is 4.99. The van der Waals surface area contributed by atoms with E-state index in [0.717, 1.165) is 13.6 Å². The molecule has 98 valence electrons. The fourth-order valence-electron chi connectivity index (χ4n) is 1.81. The molecule has 0 fully saturated rings. The van der Waals surface area contributed by atoms with Crippen molar-refractivity contribution in [1.82, 2.24) is 5.32 Å². The molecule has 0 radical (unpaired) electrons. The van der Waals surface area contributed by atoms with Gasteiger partial charge in [0.15, 0.2) is 0 Å². The predicted molar refractivity (Wildman–Crippen MR) is 89.2 cm³/mol. The number of hydrogen-bond acceptors (Lipinski definition) is 1. The number of carbonyl (C=O) groups excluding carboxylic acids is 1. The van der Waals surface area contributed by atoms with Gasteiger partial charge in [0.05, 0.1) is 6.04 Å². The summed E-state index contributed by atoms with van der Waals surface area (Å²) < 4.78 is 2.06. The summed E-state index contributed by atoms with van der Waals surface area (Å²) in [6.07, 6.45) is 0. The van der Waals surface area contributed by atoms with E-state index in [1.807, 2.05) is 55.5 Å². The van der Waals surface area contributed by atoms with Crippen LogP contribution in [0.15, 0.2) is 53.0 Å². The van der Waals surface area contributed by atoms with Gasteiger partial charge in [-0.25, -0.2) is 0 Å². The first kappa shape index (κ1) is 14.5. The first-order chi connectivity index (χ1) is 9.08. The van der Waals surface area contributed by atoms with Gasteiger partial charge >= 0.3 is 0 Å². The molecule has 2 rings (SSSR count). The van der Waals surface area contributed by atoms with E-state index in [2.05, 4.69) is 43.8 Å². The van der Waals surface area contributed by atoms with E-state index in [-0.39, 0.29) is 11.9 Å². The van der Waals surface area contributed by atoms with Crippen molar-refractivity contribution in [3.8, 4) is 0 Å². The van der Waals surface area contributed by atoms with Crippen molar-refractivity contribution in [3.63, 3.8) is 0 Å². The lowest BCUT2D eigenvalue weighted by Crippen LogP contribution is -2.26. The van der Waals surface area contributed by atoms with Crippen LogP contribution in [0.5, 0.6) is 0 Å². The van der Waals surface area contributed by atoms with Crippen LogP contribution in [0, 0.1) is 3.57 Å². The van der Waals surface area contributed by atoms with Gasteiger partial charge in [-0.2, -0.15) is 0 Å². The summed E-state index contributed by atoms with van der Waals surface area (Å²) in [7, 11) is 0. The number of rotatable bonds is 3. The number of hydrogen-bond donors (Lipinski definition) is 1. The highest BCUT2D eigenvalue weighted by Crippen LogP contribution is 2.23. The normalized spacial score (nSPS) is 11.9. The van der Waals surface area contributed by atoms with Crippen LogP contribution in [-0.4, -0.2) is 5.91 Å². The average molecular weight is 430 g/mol. The molecule has 0 spiro atoms. The van der Waals surface area contributed by atoms with Crippen molar-refractivity contribution >= 4 is 44.4 Å². The molecule has 2 nitrogen and oxygen atoms in total. The second kappa shape index (κ2) is 6.52. The molecule has 2 aromatic rings. The predicted octanol–water partition coefficient (Wildman–Crippen LogP) is 4.54. The average Bonchev–Trinajstić information content (AvgIpc) is 2.39. The lowest BCUT2D eigenvalue weighted by molar-refractivity contribution is 0.0939. The molecule has 0 aliphatic rings. The number of benzene rings is 2. The van der Waals surface area contributed by atoms with Crippen molar-refractivity contribution in [2.24, 2.45) is 0 Å². The lowest BCUT2D eigenvalue weighted by atomic mass is 10.1. The zero-order valence-corrected chi connectivity index (χ0v) is 14.1. The Morgan fingerprint density at radius 3 is 2.63 bits per heavy atom. The third-order valence-corrected chi connectivity index (χ3v) is 4.20. The minimum atomic E-state index is -0.0539. The smallest absolute Gasteiger partial charge is 0.251 e. The van der Waals surface area contributed by atoms with Crippen LogP contribution >= 0.6 is 38.5 Å². The molecule has 2 aromatic carbocycles. The quantitative estimate of drug-likeness (QED) is 0.712. The Morgan fingerprint density at radius 2 is 1.95 bits per heavy atom. The van der Waals surface area contributed by atoms with Crippen LogP contribution in [0.25, 0.3) is 0 Å². The van der Waals surface area contributed by atoms with Gasteiger partial charge < -0.3 is 5.32 Å². The maximum atomic E-state index is 12.2. The first-order valence-electron chi connectivity index (χ1n) is 5.89. The Morgan fingerprint density at radius 1 is 1.21 bits per heavy atom. The molecule has 0 heterocycles. The maximum absolute atomic E-state index is 12.2. The van der Waals surface area contributed by atoms with Crippen LogP contribution in [0.1, 0.15) is 28.9 Å². The van der Waals surface area contributed by atoms with Crippen LogP contribution < -0.4 is 5.32 Å². The fourth-order valence-corrected chi connectivity index (χ4v) is 2.98. The monoisotopic (exact) mass is 429 g/mol. The molecule has 1 atom stereocenters. The molecule has 19 heavy (non-hydrogen) atoms. The first-order valence-corrected chi connectivity index (χ1v) is 7.76. The zero-order valence-electron chi connectivity index (χ0n) is 10.4. The highest BCUT2D eigenvalue weighted by atomic mass is 127. The minimum absolute atomic E-state index is 0.0408. The standard InChI is InChI=1S/C15H13BrINO/c1-10(13-7-2-3-8-14(13)16)18-15(19)11-5-4-6-12(17)9-11/h2-10H,1H3,(H,18,19). The van der Waals surface area contributed by atoms with Gasteiger partial charge in [0.1, 0.15) is 0 Å². The SMILES string of the molecule is CC(NC(=O)c1cccc(I)c1)c1ccccc1Br. The fraction of sp³-hybridized carbons (Fsp3) is 0.133. The van der Waals surface area contributed by atoms with E-state index < -0.39 is 0 Å². The van der Waals surface area contributed by atoms with Crippen molar-refractivity contribution < 1.29 is 4.79 Å². The summed E-state index contributed by atoms with van der Waals surface area (Å²) in [4.78, 5) is 12.2. The van der Waals surface area contributed by atoms with Crippen molar-refractivity contribution in [1.29, 1.82) is 0 Å². The number of amides is 1. The molecule has 0 saturated carbocycles. The van der Waals surface area contributed by atoms with Gasteiger partial charge in [-0.3, -0.25) is 4.79 Å². The summed E-state index contributed by atoms with van der Waals surface area (Å²) in [5.41, 5.74) is 1.76. The molecule has 1 N–H and O–H groups in total. The molecular weight excluding hydrogens is 417 g/mol. The number of carbonyl (C=O) groups is 1. The number of nitrogens with one attached hydrogen (secondary N) is 1. The Hall–Kier alpha value is -0.880. The largest absolute Gasteiger partial charge is 0.345 e. The molecule has 0 aliphatic carbocycles. The van der Waals surface area contributed by atoms with E-state index in [1.165, 1.54) is 0 Å². The summed E-state index contributed by atoms with van der Waals surface area (Å²) in [5.74, 6) is -0.0539. The minimum Gasteiger partial charge on any atom is -0.345 e. The van der Waals surface area contributed by atoms with Gasteiger partial charge in [-0.1, -0.05) is 40.2 Å². The zero-order chi connectivity index (χ0) is 13.8. The third-order valence-electron chi connectivity index (χ3n) is 2.81. The summed E-state index contributed by atoms with van der Waals surface area (Å²) in [5, 5.41) is 3.01. The second-order valence-electron chi connectivity index (χ2n) is 4.23. The Bertz CT molecular complexity index is 600. The Balaban J connectivity index is 2.13. The maximum Gasteiger partial charge on any atom is 0.251 e. The molecule has 0 saturated heterocycles. The van der Waals surface area contributed by atoms with Gasteiger partial charge in [-0.05, 0) is 59.3 Å². The van der Waals surface area contributed by atoms with Gasteiger partial charge in [0.25, 0.3) is 5.91 Å². The topological polar surface area (TPSA) is 29.1 Å². The number of halogens is 2.